The molecule has 1 saturated carbocycles. The number of carboxylic acid groups (broad SMARTS) is 1. The van der Waals surface area contributed by atoms with Gasteiger partial charge in [0.1, 0.15) is 0 Å². The maximum absolute atomic E-state index is 13.7. The number of nitrogens with one attached hydrogen (secondary N) is 1. The van der Waals surface area contributed by atoms with Crippen LogP contribution in [-0.4, -0.2) is 22.0 Å². The molecule has 182 valence electrons. The van der Waals surface area contributed by atoms with E-state index in [1.54, 1.807) is 6.92 Å². The molecule has 1 aliphatic carbocycles. The van der Waals surface area contributed by atoms with Crippen LogP contribution in [0.15, 0.2) is 60.8 Å². The van der Waals surface area contributed by atoms with Gasteiger partial charge in [0, 0.05) is 23.1 Å². The number of amides is 1. The van der Waals surface area contributed by atoms with Crippen molar-refractivity contribution in [2.24, 2.45) is 11.8 Å². The van der Waals surface area contributed by atoms with E-state index in [2.05, 4.69) is 40.6 Å². The lowest BCUT2D eigenvalue weighted by Crippen LogP contribution is -2.27. The van der Waals surface area contributed by atoms with E-state index in [4.69, 9.17) is 0 Å². The molecule has 2 atom stereocenters. The van der Waals surface area contributed by atoms with E-state index in [9.17, 15) is 14.7 Å². The Balaban J connectivity index is 1.58. The first-order chi connectivity index (χ1) is 16.8. The Morgan fingerprint density at radius 2 is 1.69 bits per heavy atom. The molecule has 0 unspecified atom stereocenters. The average molecular weight is 471 g/mol. The molecule has 4 rings (SSSR count). The van der Waals surface area contributed by atoms with Gasteiger partial charge in [-0.1, -0.05) is 62.2 Å². The average Bonchev–Trinajstić information content (AvgIpc) is 3.37. The summed E-state index contributed by atoms with van der Waals surface area (Å²) in [7, 11) is 0. The SMILES string of the molecule is Cc1ccc(-c2ccc([C@@H](C(=O)Nc3cccc(C[C@H](C)C(=O)O)c3C)C3CCCC3)cc2)cn1. The smallest absolute Gasteiger partial charge is 0.306 e. The second-order valence-corrected chi connectivity index (χ2v) is 9.85. The van der Waals surface area contributed by atoms with Crippen molar-refractivity contribution in [3.05, 3.63) is 83.2 Å². The Kier molecular flexibility index (Phi) is 7.64. The van der Waals surface area contributed by atoms with Gasteiger partial charge in [-0.15, -0.1) is 0 Å². The summed E-state index contributed by atoms with van der Waals surface area (Å²) < 4.78 is 0. The van der Waals surface area contributed by atoms with Crippen molar-refractivity contribution in [2.45, 2.75) is 58.8 Å². The zero-order valence-corrected chi connectivity index (χ0v) is 20.8. The van der Waals surface area contributed by atoms with Crippen LogP contribution in [0.5, 0.6) is 0 Å². The first-order valence-electron chi connectivity index (χ1n) is 12.5. The van der Waals surface area contributed by atoms with Crippen molar-refractivity contribution in [1.29, 1.82) is 0 Å². The third-order valence-corrected chi connectivity index (χ3v) is 7.32. The summed E-state index contributed by atoms with van der Waals surface area (Å²) >= 11 is 0. The number of hydrogen-bond acceptors (Lipinski definition) is 3. The molecule has 5 nitrogen and oxygen atoms in total. The predicted molar refractivity (Wildman–Crippen MR) is 139 cm³/mol. The fraction of sp³-hybridized carbons (Fsp3) is 0.367. The van der Waals surface area contributed by atoms with Crippen LogP contribution >= 0.6 is 0 Å². The molecule has 1 aliphatic rings. The van der Waals surface area contributed by atoms with Gasteiger partial charge in [0.05, 0.1) is 11.8 Å². The lowest BCUT2D eigenvalue weighted by Gasteiger charge is -2.24. The number of rotatable bonds is 8. The van der Waals surface area contributed by atoms with E-state index in [1.807, 2.05) is 44.3 Å². The highest BCUT2D eigenvalue weighted by Gasteiger charge is 2.32. The molecule has 0 radical (unpaired) electrons. The standard InChI is InChI=1S/C30H34N2O3/c1-19(30(34)35)17-25-9-6-10-27(21(25)3)32-29(33)28(23-7-4-5-8-23)24-15-13-22(14-16-24)26-12-11-20(2)31-18-26/h6,9-16,18-19,23,28H,4-5,7-8,17H2,1-3H3,(H,32,33)(H,34,35)/t19-,28-/m0/s1. The fourth-order valence-corrected chi connectivity index (χ4v) is 5.12. The monoisotopic (exact) mass is 470 g/mol. The number of carbonyl (C=O) groups is 2. The number of benzene rings is 2. The first-order valence-corrected chi connectivity index (χ1v) is 12.5. The van der Waals surface area contributed by atoms with E-state index in [0.29, 0.717) is 12.3 Å². The van der Waals surface area contributed by atoms with Gasteiger partial charge < -0.3 is 10.4 Å². The third-order valence-electron chi connectivity index (χ3n) is 7.32. The van der Waals surface area contributed by atoms with Crippen LogP contribution in [0.3, 0.4) is 0 Å². The van der Waals surface area contributed by atoms with Crippen LogP contribution in [-0.2, 0) is 16.0 Å². The summed E-state index contributed by atoms with van der Waals surface area (Å²) in [6.45, 7) is 5.63. The number of anilines is 1. The summed E-state index contributed by atoms with van der Waals surface area (Å²) in [6.07, 6.45) is 6.73. The normalized spacial score (nSPS) is 15.5. The topological polar surface area (TPSA) is 79.3 Å². The van der Waals surface area contributed by atoms with Crippen LogP contribution in [0.2, 0.25) is 0 Å². The van der Waals surface area contributed by atoms with E-state index >= 15 is 0 Å². The molecule has 0 bridgehead atoms. The molecular formula is C30H34N2O3. The molecule has 0 spiro atoms. The Bertz CT molecular complexity index is 1180. The highest BCUT2D eigenvalue weighted by molar-refractivity contribution is 5.97. The minimum absolute atomic E-state index is 0.00758. The number of pyridine rings is 1. The van der Waals surface area contributed by atoms with E-state index in [1.165, 1.54) is 0 Å². The molecular weight excluding hydrogens is 436 g/mol. The minimum atomic E-state index is -0.815. The van der Waals surface area contributed by atoms with Gasteiger partial charge in [-0.3, -0.25) is 14.6 Å². The number of carboxylic acids is 1. The van der Waals surface area contributed by atoms with Crippen LogP contribution in [0.4, 0.5) is 5.69 Å². The molecule has 2 aromatic carbocycles. The molecule has 1 amide bonds. The lowest BCUT2D eigenvalue weighted by atomic mass is 9.83. The van der Waals surface area contributed by atoms with Crippen molar-refractivity contribution in [2.75, 3.05) is 5.32 Å². The zero-order valence-electron chi connectivity index (χ0n) is 20.8. The van der Waals surface area contributed by atoms with E-state index in [-0.39, 0.29) is 11.8 Å². The van der Waals surface area contributed by atoms with Crippen LogP contribution < -0.4 is 5.32 Å². The van der Waals surface area contributed by atoms with Crippen molar-refractivity contribution < 1.29 is 14.7 Å². The van der Waals surface area contributed by atoms with Crippen molar-refractivity contribution in [3.63, 3.8) is 0 Å². The lowest BCUT2D eigenvalue weighted by molar-refractivity contribution is -0.141. The van der Waals surface area contributed by atoms with Crippen LogP contribution in [0.25, 0.3) is 11.1 Å². The Labute approximate surface area is 207 Å². The fourth-order valence-electron chi connectivity index (χ4n) is 5.12. The van der Waals surface area contributed by atoms with Gasteiger partial charge in [-0.2, -0.15) is 0 Å². The molecule has 2 N–H and O–H groups in total. The predicted octanol–water partition coefficient (Wildman–Crippen LogP) is 6.54. The van der Waals surface area contributed by atoms with E-state index < -0.39 is 11.9 Å². The highest BCUT2D eigenvalue weighted by atomic mass is 16.4. The molecule has 0 saturated heterocycles. The van der Waals surface area contributed by atoms with Gasteiger partial charge in [0.2, 0.25) is 5.91 Å². The van der Waals surface area contributed by atoms with Gasteiger partial charge >= 0.3 is 5.97 Å². The van der Waals surface area contributed by atoms with Crippen LogP contribution in [0, 0.1) is 25.7 Å². The molecule has 5 heteroatoms. The van der Waals surface area contributed by atoms with Crippen molar-refractivity contribution >= 4 is 17.6 Å². The number of aromatic nitrogens is 1. The van der Waals surface area contributed by atoms with Gasteiger partial charge in [-0.25, -0.2) is 0 Å². The summed E-state index contributed by atoms with van der Waals surface area (Å²) in [4.78, 5) is 29.4. The van der Waals surface area contributed by atoms with Crippen molar-refractivity contribution in [3.8, 4) is 11.1 Å². The molecule has 1 fully saturated rings. The largest absolute Gasteiger partial charge is 0.481 e. The van der Waals surface area contributed by atoms with E-state index in [0.717, 1.165) is 64.9 Å². The minimum Gasteiger partial charge on any atom is -0.481 e. The Morgan fingerprint density at radius 1 is 1.00 bits per heavy atom. The molecule has 35 heavy (non-hydrogen) atoms. The number of nitrogens with zero attached hydrogens (tertiary/aromatic N) is 1. The zero-order chi connectivity index (χ0) is 24.9. The number of carbonyl (C=O) groups excluding carboxylic acids is 1. The molecule has 1 aromatic heterocycles. The summed E-state index contributed by atoms with van der Waals surface area (Å²) in [5, 5.41) is 12.5. The first kappa shape index (κ1) is 24.6. The number of aryl methyl sites for hydroxylation is 1. The highest BCUT2D eigenvalue weighted by Crippen LogP contribution is 2.39. The van der Waals surface area contributed by atoms with Crippen molar-refractivity contribution in [1.82, 2.24) is 4.98 Å². The molecule has 3 aromatic rings. The molecule has 1 heterocycles. The summed E-state index contributed by atoms with van der Waals surface area (Å²) in [5.74, 6) is -1.19. The maximum Gasteiger partial charge on any atom is 0.306 e. The summed E-state index contributed by atoms with van der Waals surface area (Å²) in [6, 6.07) is 18.1. The second-order valence-electron chi connectivity index (χ2n) is 9.85. The van der Waals surface area contributed by atoms with Gasteiger partial charge in [0.15, 0.2) is 0 Å². The summed E-state index contributed by atoms with van der Waals surface area (Å²) in [5.41, 5.74) is 6.81. The van der Waals surface area contributed by atoms with Crippen LogP contribution in [0.1, 0.15) is 60.9 Å². The third kappa shape index (κ3) is 5.79. The second kappa shape index (κ2) is 10.9. The Hall–Kier alpha value is -3.47. The number of hydrogen-bond donors (Lipinski definition) is 2. The maximum atomic E-state index is 13.7. The molecule has 0 aliphatic heterocycles. The van der Waals surface area contributed by atoms with Gasteiger partial charge in [-0.05, 0) is 73.4 Å². The number of aliphatic carboxylic acids is 1. The Morgan fingerprint density at radius 3 is 2.31 bits per heavy atom. The van der Waals surface area contributed by atoms with Gasteiger partial charge in [0.25, 0.3) is 0 Å². The quantitative estimate of drug-likeness (QED) is 0.392.